The fourth-order valence-electron chi connectivity index (χ4n) is 3.08. The molecule has 4 atom stereocenters. The van der Waals surface area contributed by atoms with Gasteiger partial charge in [-0.05, 0) is 18.8 Å². The Hall–Kier alpha value is -0.800. The second-order valence-corrected chi connectivity index (χ2v) is 6.22. The normalized spacial score (nSPS) is 33.5. The second-order valence-electron chi connectivity index (χ2n) is 6.22. The van der Waals surface area contributed by atoms with Crippen LogP contribution in [0.15, 0.2) is 12.2 Å². The van der Waals surface area contributed by atoms with Gasteiger partial charge in [-0.25, -0.2) is 0 Å². The Labute approximate surface area is 128 Å². The molecule has 2 fully saturated rings. The minimum Gasteiger partial charge on any atom is -0.374 e. The molecular weight excluding hydrogens is 330 g/mol. The summed E-state index contributed by atoms with van der Waals surface area (Å²) in [7, 11) is 0. The second kappa shape index (κ2) is 5.63. The molecule has 2 aliphatic carbocycles. The molecule has 0 N–H and O–H groups in total. The van der Waals surface area contributed by atoms with Gasteiger partial charge in [0, 0.05) is 5.92 Å². The highest BCUT2D eigenvalue weighted by Crippen LogP contribution is 2.48. The van der Waals surface area contributed by atoms with Gasteiger partial charge in [-0.2, -0.15) is 26.3 Å². The van der Waals surface area contributed by atoms with Gasteiger partial charge in [-0.3, -0.25) is 0 Å². The van der Waals surface area contributed by atoms with E-state index in [1.165, 1.54) is 0 Å². The van der Waals surface area contributed by atoms with E-state index in [4.69, 9.17) is 4.74 Å². The summed E-state index contributed by atoms with van der Waals surface area (Å²) in [4.78, 5) is 0. The van der Waals surface area contributed by atoms with Crippen molar-refractivity contribution < 1.29 is 40.6 Å². The number of halogens is 6. The average molecular weight is 346 g/mol. The van der Waals surface area contributed by atoms with Crippen LogP contribution in [0.5, 0.6) is 0 Å². The molecule has 1 heterocycles. The molecule has 23 heavy (non-hydrogen) atoms. The highest BCUT2D eigenvalue weighted by molar-refractivity contribution is 5.11. The largest absolute Gasteiger partial charge is 0.428 e. The zero-order valence-corrected chi connectivity index (χ0v) is 12.0. The van der Waals surface area contributed by atoms with Crippen LogP contribution in [0.1, 0.15) is 12.8 Å². The van der Waals surface area contributed by atoms with Gasteiger partial charge in [0.2, 0.25) is 0 Å². The quantitative estimate of drug-likeness (QED) is 0.420. The smallest absolute Gasteiger partial charge is 0.374 e. The van der Waals surface area contributed by atoms with Crippen molar-refractivity contribution in [1.82, 2.24) is 0 Å². The molecule has 1 saturated carbocycles. The number of epoxide rings is 1. The molecule has 0 amide bonds. The fraction of sp³-hybridized carbons (Fsp3) is 0.857. The van der Waals surface area contributed by atoms with E-state index in [1.807, 2.05) is 6.08 Å². The molecule has 0 radical (unpaired) electrons. The molecule has 0 aromatic heterocycles. The Morgan fingerprint density at radius 1 is 1.00 bits per heavy atom. The molecule has 1 saturated heterocycles. The van der Waals surface area contributed by atoms with Gasteiger partial charge in [0.1, 0.15) is 6.10 Å². The third kappa shape index (κ3) is 3.23. The topological polar surface area (TPSA) is 31.0 Å². The van der Waals surface area contributed by atoms with Gasteiger partial charge < -0.3 is 14.2 Å². The summed E-state index contributed by atoms with van der Waals surface area (Å²) in [5.41, 5.74) is -4.32. The number of allylic oxidation sites excluding steroid dienone is 1. The number of rotatable bonds is 6. The first-order valence-corrected chi connectivity index (χ1v) is 7.31. The maximum atomic E-state index is 13.2. The van der Waals surface area contributed by atoms with E-state index >= 15 is 0 Å². The lowest BCUT2D eigenvalue weighted by Crippen LogP contribution is -2.62. The van der Waals surface area contributed by atoms with E-state index in [0.717, 1.165) is 0 Å². The van der Waals surface area contributed by atoms with Crippen LogP contribution in [0.2, 0.25) is 0 Å². The first-order chi connectivity index (χ1) is 10.6. The minimum absolute atomic E-state index is 0.101. The third-order valence-electron chi connectivity index (χ3n) is 4.55. The zero-order chi connectivity index (χ0) is 16.9. The summed E-state index contributed by atoms with van der Waals surface area (Å²) in [6.07, 6.45) is -7.74. The molecule has 0 aromatic carbocycles. The van der Waals surface area contributed by atoms with Crippen molar-refractivity contribution in [2.45, 2.75) is 43.0 Å². The van der Waals surface area contributed by atoms with E-state index < -0.39 is 43.4 Å². The van der Waals surface area contributed by atoms with Crippen molar-refractivity contribution in [3.05, 3.63) is 12.2 Å². The van der Waals surface area contributed by atoms with Crippen LogP contribution in [0, 0.1) is 11.8 Å². The standard InChI is InChI=1S/C14H16F6O3/c15-13(16,17)12(14(18,19)20,23-6-10-5-21-10)7-22-11-4-8-1-2-9(11)3-8/h1-2,8-11H,3-7H2/t8?,9?,10?,11-/m0/s1. The third-order valence-corrected chi connectivity index (χ3v) is 4.55. The summed E-state index contributed by atoms with van der Waals surface area (Å²) in [6, 6.07) is 0. The Bertz CT molecular complexity index is 454. The molecule has 1 aliphatic heterocycles. The Morgan fingerprint density at radius 2 is 1.65 bits per heavy atom. The van der Waals surface area contributed by atoms with E-state index in [0.29, 0.717) is 12.8 Å². The van der Waals surface area contributed by atoms with Crippen molar-refractivity contribution in [2.75, 3.05) is 19.8 Å². The predicted molar refractivity (Wildman–Crippen MR) is 65.6 cm³/mol. The first-order valence-electron chi connectivity index (χ1n) is 7.31. The molecule has 3 aliphatic rings. The van der Waals surface area contributed by atoms with Crippen LogP contribution >= 0.6 is 0 Å². The van der Waals surface area contributed by atoms with E-state index in [-0.39, 0.29) is 18.4 Å². The van der Waals surface area contributed by atoms with Crippen molar-refractivity contribution in [3.8, 4) is 0 Å². The van der Waals surface area contributed by atoms with Crippen molar-refractivity contribution >= 4 is 0 Å². The first kappa shape index (κ1) is 17.0. The van der Waals surface area contributed by atoms with Gasteiger partial charge in [-0.15, -0.1) is 0 Å². The van der Waals surface area contributed by atoms with Crippen molar-refractivity contribution in [3.63, 3.8) is 0 Å². The summed E-state index contributed by atoms with van der Waals surface area (Å²) in [5.74, 6) is 0.0582. The number of alkyl halides is 6. The molecule has 9 heteroatoms. The van der Waals surface area contributed by atoms with Gasteiger partial charge >= 0.3 is 12.4 Å². The van der Waals surface area contributed by atoms with Crippen molar-refractivity contribution in [2.24, 2.45) is 11.8 Å². The lowest BCUT2D eigenvalue weighted by atomic mass is 10.0. The summed E-state index contributed by atoms with van der Waals surface area (Å²) < 4.78 is 93.3. The molecule has 2 bridgehead atoms. The Morgan fingerprint density at radius 3 is 2.09 bits per heavy atom. The van der Waals surface area contributed by atoms with Crippen LogP contribution in [-0.4, -0.2) is 50.0 Å². The molecule has 3 unspecified atom stereocenters. The molecular formula is C14H16F6O3. The Kier molecular flexibility index (Phi) is 4.17. The van der Waals surface area contributed by atoms with Gasteiger partial charge in [0.25, 0.3) is 5.60 Å². The van der Waals surface area contributed by atoms with Gasteiger partial charge in [0.05, 0.1) is 25.9 Å². The fourth-order valence-corrected chi connectivity index (χ4v) is 3.08. The van der Waals surface area contributed by atoms with E-state index in [2.05, 4.69) is 9.47 Å². The predicted octanol–water partition coefficient (Wildman–Crippen LogP) is 3.25. The van der Waals surface area contributed by atoms with Crippen LogP contribution in [0.25, 0.3) is 0 Å². The number of fused-ring (bicyclic) bond motifs is 2. The highest BCUT2D eigenvalue weighted by atomic mass is 19.4. The monoisotopic (exact) mass is 346 g/mol. The summed E-state index contributed by atoms with van der Waals surface area (Å²) in [5, 5.41) is 0. The van der Waals surface area contributed by atoms with E-state index in [9.17, 15) is 26.3 Å². The molecule has 3 rings (SSSR count). The summed E-state index contributed by atoms with van der Waals surface area (Å²) in [6.45, 7) is -2.25. The molecule has 3 nitrogen and oxygen atoms in total. The SMILES string of the molecule is FC(F)(F)C(CO[C@H]1CC2C=CC1C2)(OCC1CO1)C(F)(F)F. The zero-order valence-electron chi connectivity index (χ0n) is 12.0. The minimum atomic E-state index is -5.63. The van der Waals surface area contributed by atoms with Crippen molar-refractivity contribution in [1.29, 1.82) is 0 Å². The van der Waals surface area contributed by atoms with Crippen LogP contribution < -0.4 is 0 Å². The lowest BCUT2D eigenvalue weighted by Gasteiger charge is -2.37. The highest BCUT2D eigenvalue weighted by Gasteiger charge is 2.73. The van der Waals surface area contributed by atoms with Gasteiger partial charge in [0.15, 0.2) is 0 Å². The number of hydrogen-bond acceptors (Lipinski definition) is 3. The van der Waals surface area contributed by atoms with E-state index in [1.54, 1.807) is 6.08 Å². The van der Waals surface area contributed by atoms with Crippen LogP contribution in [0.4, 0.5) is 26.3 Å². The average Bonchev–Trinajstić information content (AvgIpc) is 3.01. The molecule has 132 valence electrons. The summed E-state index contributed by atoms with van der Waals surface area (Å²) >= 11 is 0. The number of ether oxygens (including phenoxy) is 3. The maximum absolute atomic E-state index is 13.2. The Balaban J connectivity index is 1.73. The maximum Gasteiger partial charge on any atom is 0.428 e. The molecule has 0 aromatic rings. The lowest BCUT2D eigenvalue weighted by molar-refractivity contribution is -0.393. The number of hydrogen-bond donors (Lipinski definition) is 0. The van der Waals surface area contributed by atoms with Crippen LogP contribution in [0.3, 0.4) is 0 Å². The van der Waals surface area contributed by atoms with Gasteiger partial charge in [-0.1, -0.05) is 12.2 Å². The molecule has 0 spiro atoms. The van der Waals surface area contributed by atoms with Crippen LogP contribution in [-0.2, 0) is 14.2 Å².